The number of hydrogen-bond donors (Lipinski definition) is 0. The molecule has 0 bridgehead atoms. The van der Waals surface area contributed by atoms with Gasteiger partial charge in [-0.25, -0.2) is 4.98 Å². The smallest absolute Gasteiger partial charge is 0.253 e. The average molecular weight is 337 g/mol. The number of amides is 1. The van der Waals surface area contributed by atoms with Crippen LogP contribution in [-0.4, -0.2) is 40.6 Å². The number of rotatable bonds is 6. The first-order valence-electron chi connectivity index (χ1n) is 8.59. The summed E-state index contributed by atoms with van der Waals surface area (Å²) >= 11 is 0. The van der Waals surface area contributed by atoms with Gasteiger partial charge in [0.2, 0.25) is 0 Å². The highest BCUT2D eigenvalue weighted by molar-refractivity contribution is 5.97. The lowest BCUT2D eigenvalue weighted by atomic mass is 10.1. The van der Waals surface area contributed by atoms with E-state index in [9.17, 15) is 4.79 Å². The molecule has 0 unspecified atom stereocenters. The van der Waals surface area contributed by atoms with E-state index in [1.165, 1.54) is 0 Å². The molecule has 0 N–H and O–H groups in total. The number of para-hydroxylation sites is 2. The van der Waals surface area contributed by atoms with Crippen LogP contribution in [0.3, 0.4) is 0 Å². The zero-order chi connectivity index (χ0) is 17.8. The molecule has 0 aliphatic heterocycles. The molecule has 0 radical (unpaired) electrons. The third-order valence-electron chi connectivity index (χ3n) is 4.30. The largest absolute Gasteiger partial charge is 0.495 e. The minimum atomic E-state index is 0.0538. The topological polar surface area (TPSA) is 47.4 Å². The van der Waals surface area contributed by atoms with Crippen molar-refractivity contribution < 1.29 is 9.53 Å². The van der Waals surface area contributed by atoms with Crippen molar-refractivity contribution in [3.63, 3.8) is 0 Å². The lowest BCUT2D eigenvalue weighted by Crippen LogP contribution is -2.31. The van der Waals surface area contributed by atoms with Gasteiger partial charge >= 0.3 is 0 Å². The molecule has 1 amide bonds. The zero-order valence-electron chi connectivity index (χ0n) is 14.9. The van der Waals surface area contributed by atoms with E-state index in [0.29, 0.717) is 12.1 Å². The minimum Gasteiger partial charge on any atom is -0.495 e. The lowest BCUT2D eigenvalue weighted by molar-refractivity contribution is 0.0764. The van der Waals surface area contributed by atoms with E-state index in [0.717, 1.165) is 35.4 Å². The van der Waals surface area contributed by atoms with Gasteiger partial charge in [-0.15, -0.1) is 0 Å². The van der Waals surface area contributed by atoms with Crippen molar-refractivity contribution in [1.82, 2.24) is 14.5 Å². The Morgan fingerprint density at radius 1 is 1.20 bits per heavy atom. The summed E-state index contributed by atoms with van der Waals surface area (Å²) in [5.74, 6) is 0.833. The van der Waals surface area contributed by atoms with Crippen LogP contribution < -0.4 is 4.74 Å². The number of hydrogen-bond acceptors (Lipinski definition) is 3. The molecular weight excluding hydrogens is 314 g/mol. The summed E-state index contributed by atoms with van der Waals surface area (Å²) in [6.07, 6.45) is 2.71. The average Bonchev–Trinajstić information content (AvgIpc) is 3.08. The Morgan fingerprint density at radius 3 is 2.72 bits per heavy atom. The molecule has 0 atom stereocenters. The zero-order valence-corrected chi connectivity index (χ0v) is 14.9. The van der Waals surface area contributed by atoms with Crippen LogP contribution in [0.2, 0.25) is 0 Å². The molecule has 2 aromatic carbocycles. The maximum Gasteiger partial charge on any atom is 0.253 e. The van der Waals surface area contributed by atoms with E-state index in [4.69, 9.17) is 4.74 Å². The van der Waals surface area contributed by atoms with Gasteiger partial charge in [-0.3, -0.25) is 9.36 Å². The van der Waals surface area contributed by atoms with Crippen molar-refractivity contribution >= 4 is 16.9 Å². The molecule has 5 heteroatoms. The van der Waals surface area contributed by atoms with Crippen LogP contribution in [0.15, 0.2) is 48.8 Å². The normalized spacial score (nSPS) is 10.8. The van der Waals surface area contributed by atoms with Gasteiger partial charge in [0, 0.05) is 18.7 Å². The van der Waals surface area contributed by atoms with Gasteiger partial charge < -0.3 is 9.64 Å². The molecule has 0 saturated heterocycles. The van der Waals surface area contributed by atoms with Crippen LogP contribution in [0, 0.1) is 0 Å². The standard InChI is InChI=1S/C20H23N3O2/c1-4-12-22(5-2)20(24)15-10-11-17-16(13-15)21-14-23(17)18-8-6-7-9-19(18)25-3/h6-11,13-14H,4-5,12H2,1-3H3. The molecule has 0 aliphatic rings. The van der Waals surface area contributed by atoms with Gasteiger partial charge in [-0.1, -0.05) is 19.1 Å². The first-order valence-corrected chi connectivity index (χ1v) is 8.59. The highest BCUT2D eigenvalue weighted by Gasteiger charge is 2.16. The van der Waals surface area contributed by atoms with Gasteiger partial charge in [0.05, 0.1) is 23.8 Å². The third kappa shape index (κ3) is 3.22. The Kier molecular flexibility index (Phi) is 5.03. The van der Waals surface area contributed by atoms with Crippen molar-refractivity contribution in [3.8, 4) is 11.4 Å². The number of nitrogens with zero attached hydrogens (tertiary/aromatic N) is 3. The number of benzene rings is 2. The van der Waals surface area contributed by atoms with Crippen molar-refractivity contribution in [2.45, 2.75) is 20.3 Å². The molecule has 0 spiro atoms. The number of imidazole rings is 1. The Labute approximate surface area is 147 Å². The van der Waals surface area contributed by atoms with Gasteiger partial charge in [0.15, 0.2) is 0 Å². The second-order valence-corrected chi connectivity index (χ2v) is 5.87. The fourth-order valence-corrected chi connectivity index (χ4v) is 3.02. The van der Waals surface area contributed by atoms with E-state index in [2.05, 4.69) is 11.9 Å². The summed E-state index contributed by atoms with van der Waals surface area (Å²) in [4.78, 5) is 19.0. The summed E-state index contributed by atoms with van der Waals surface area (Å²) in [5.41, 5.74) is 3.34. The number of ether oxygens (including phenoxy) is 1. The number of methoxy groups -OCH3 is 1. The second kappa shape index (κ2) is 7.38. The van der Waals surface area contributed by atoms with Gasteiger partial charge in [0.25, 0.3) is 5.91 Å². The van der Waals surface area contributed by atoms with E-state index < -0.39 is 0 Å². The van der Waals surface area contributed by atoms with Gasteiger partial charge in [0.1, 0.15) is 12.1 Å². The van der Waals surface area contributed by atoms with E-state index >= 15 is 0 Å². The first-order chi connectivity index (χ1) is 12.2. The van der Waals surface area contributed by atoms with Crippen molar-refractivity contribution in [3.05, 3.63) is 54.4 Å². The van der Waals surface area contributed by atoms with Crippen molar-refractivity contribution in [1.29, 1.82) is 0 Å². The molecule has 3 aromatic rings. The molecule has 1 aromatic heterocycles. The van der Waals surface area contributed by atoms with E-state index in [1.54, 1.807) is 13.4 Å². The number of carbonyl (C=O) groups is 1. The maximum absolute atomic E-state index is 12.7. The quantitative estimate of drug-likeness (QED) is 0.685. The summed E-state index contributed by atoms with van der Waals surface area (Å²) < 4.78 is 7.42. The van der Waals surface area contributed by atoms with Gasteiger partial charge in [-0.2, -0.15) is 0 Å². The number of aromatic nitrogens is 2. The van der Waals surface area contributed by atoms with Crippen LogP contribution in [0.25, 0.3) is 16.7 Å². The minimum absolute atomic E-state index is 0.0538. The predicted molar refractivity (Wildman–Crippen MR) is 99.5 cm³/mol. The Hall–Kier alpha value is -2.82. The first kappa shape index (κ1) is 17.0. The highest BCUT2D eigenvalue weighted by Crippen LogP contribution is 2.26. The maximum atomic E-state index is 12.7. The molecular formula is C20H23N3O2. The second-order valence-electron chi connectivity index (χ2n) is 5.87. The Balaban J connectivity index is 2.00. The summed E-state index contributed by atoms with van der Waals surface area (Å²) in [7, 11) is 1.65. The Morgan fingerprint density at radius 2 is 2.00 bits per heavy atom. The molecule has 0 fully saturated rings. The number of fused-ring (bicyclic) bond motifs is 1. The molecule has 1 heterocycles. The monoisotopic (exact) mass is 337 g/mol. The molecule has 0 aliphatic carbocycles. The van der Waals surface area contributed by atoms with E-state index in [1.807, 2.05) is 58.9 Å². The molecule has 3 rings (SSSR count). The van der Waals surface area contributed by atoms with Crippen molar-refractivity contribution in [2.24, 2.45) is 0 Å². The van der Waals surface area contributed by atoms with Crippen LogP contribution in [0.1, 0.15) is 30.6 Å². The van der Waals surface area contributed by atoms with Gasteiger partial charge in [-0.05, 0) is 43.7 Å². The SMILES string of the molecule is CCCN(CC)C(=O)c1ccc2c(c1)ncn2-c1ccccc1OC. The highest BCUT2D eigenvalue weighted by atomic mass is 16.5. The lowest BCUT2D eigenvalue weighted by Gasteiger charge is -2.20. The summed E-state index contributed by atoms with van der Waals surface area (Å²) in [5, 5.41) is 0. The molecule has 25 heavy (non-hydrogen) atoms. The van der Waals surface area contributed by atoms with E-state index in [-0.39, 0.29) is 5.91 Å². The van der Waals surface area contributed by atoms with Crippen LogP contribution in [0.5, 0.6) is 5.75 Å². The Bertz CT molecular complexity index is 886. The number of carbonyl (C=O) groups excluding carboxylic acids is 1. The summed E-state index contributed by atoms with van der Waals surface area (Å²) in [6.45, 7) is 5.56. The van der Waals surface area contributed by atoms with Crippen molar-refractivity contribution in [2.75, 3.05) is 20.2 Å². The van der Waals surface area contributed by atoms with Crippen LogP contribution in [0.4, 0.5) is 0 Å². The van der Waals surface area contributed by atoms with Crippen LogP contribution >= 0.6 is 0 Å². The van der Waals surface area contributed by atoms with Crippen LogP contribution in [-0.2, 0) is 0 Å². The fourth-order valence-electron chi connectivity index (χ4n) is 3.02. The fraction of sp³-hybridized carbons (Fsp3) is 0.300. The molecule has 5 nitrogen and oxygen atoms in total. The summed E-state index contributed by atoms with van der Waals surface area (Å²) in [6, 6.07) is 13.5. The molecule has 0 saturated carbocycles. The molecule has 130 valence electrons. The predicted octanol–water partition coefficient (Wildman–Crippen LogP) is 3.91. The third-order valence-corrected chi connectivity index (χ3v) is 4.30.